The Labute approximate surface area is 129 Å². The molecule has 22 heavy (non-hydrogen) atoms. The Morgan fingerprint density at radius 2 is 1.73 bits per heavy atom. The van der Waals surface area contributed by atoms with Crippen LogP contribution in [0.2, 0.25) is 0 Å². The van der Waals surface area contributed by atoms with Crippen LogP contribution in [0.4, 0.5) is 5.69 Å². The summed E-state index contributed by atoms with van der Waals surface area (Å²) < 4.78 is 28.7. The van der Waals surface area contributed by atoms with Gasteiger partial charge in [-0.25, -0.2) is 14.3 Å². The number of sulfonamides is 1. The molecule has 2 rings (SSSR count). The minimum absolute atomic E-state index is 0.00670. The number of hydrazine groups is 1. The van der Waals surface area contributed by atoms with E-state index in [0.29, 0.717) is 5.69 Å². The van der Waals surface area contributed by atoms with Gasteiger partial charge >= 0.3 is 0 Å². The molecule has 0 unspecified atom stereocenters. The lowest BCUT2D eigenvalue weighted by Gasteiger charge is -2.08. The SMILES string of the molecule is Cc1cc(C)cc(NS(=O)(=O)c2cc(C(=O)NN)n(C)c2)c1. The summed E-state index contributed by atoms with van der Waals surface area (Å²) in [4.78, 5) is 11.5. The van der Waals surface area contributed by atoms with Crippen molar-refractivity contribution in [3.63, 3.8) is 0 Å². The maximum absolute atomic E-state index is 12.4. The first-order chi connectivity index (χ1) is 10.2. The Bertz CT molecular complexity index is 804. The number of rotatable bonds is 4. The fourth-order valence-electron chi connectivity index (χ4n) is 2.23. The van der Waals surface area contributed by atoms with Gasteiger partial charge in [0.2, 0.25) is 0 Å². The standard InChI is InChI=1S/C14H18N4O3S/c1-9-4-10(2)6-11(5-9)17-22(20,21)12-7-13(14(19)16-15)18(3)8-12/h4-8,17H,15H2,1-3H3,(H,16,19). The first-order valence-corrected chi connectivity index (χ1v) is 7.99. The van der Waals surface area contributed by atoms with Crippen LogP contribution in [-0.4, -0.2) is 18.9 Å². The molecule has 1 aromatic heterocycles. The molecule has 0 spiro atoms. The molecule has 0 saturated heterocycles. The van der Waals surface area contributed by atoms with E-state index >= 15 is 0 Å². The lowest BCUT2D eigenvalue weighted by atomic mass is 10.1. The molecule has 0 bridgehead atoms. The Balaban J connectivity index is 2.36. The maximum atomic E-state index is 12.4. The van der Waals surface area contributed by atoms with Crippen molar-refractivity contribution in [1.29, 1.82) is 0 Å². The van der Waals surface area contributed by atoms with Gasteiger partial charge in [-0.3, -0.25) is 14.9 Å². The van der Waals surface area contributed by atoms with Gasteiger partial charge < -0.3 is 4.57 Å². The number of nitrogens with zero attached hydrogens (tertiary/aromatic N) is 1. The Hall–Kier alpha value is -2.32. The fourth-order valence-corrected chi connectivity index (χ4v) is 3.34. The van der Waals surface area contributed by atoms with Gasteiger partial charge in [-0.2, -0.15) is 0 Å². The number of carbonyl (C=O) groups is 1. The molecule has 0 saturated carbocycles. The molecular formula is C14H18N4O3S. The minimum Gasteiger partial charge on any atom is -0.345 e. The van der Waals surface area contributed by atoms with Crippen LogP contribution < -0.4 is 16.0 Å². The summed E-state index contributed by atoms with van der Waals surface area (Å²) in [5.74, 6) is 4.51. The molecule has 4 N–H and O–H groups in total. The van der Waals surface area contributed by atoms with Crippen molar-refractivity contribution in [1.82, 2.24) is 9.99 Å². The lowest BCUT2D eigenvalue weighted by molar-refractivity contribution is 0.0945. The number of aryl methyl sites for hydroxylation is 3. The zero-order chi connectivity index (χ0) is 16.5. The summed E-state index contributed by atoms with van der Waals surface area (Å²) in [6.07, 6.45) is 1.36. The van der Waals surface area contributed by atoms with Gasteiger partial charge in [0.05, 0.1) is 0 Å². The monoisotopic (exact) mass is 322 g/mol. The largest absolute Gasteiger partial charge is 0.345 e. The van der Waals surface area contributed by atoms with Gasteiger partial charge in [0.25, 0.3) is 15.9 Å². The van der Waals surface area contributed by atoms with E-state index in [4.69, 9.17) is 5.84 Å². The maximum Gasteiger partial charge on any atom is 0.281 e. The van der Waals surface area contributed by atoms with Gasteiger partial charge in [-0.1, -0.05) is 6.07 Å². The molecule has 1 heterocycles. The van der Waals surface area contributed by atoms with Crippen LogP contribution in [0.3, 0.4) is 0 Å². The number of amides is 1. The number of aromatic nitrogens is 1. The number of hydrogen-bond donors (Lipinski definition) is 3. The van der Waals surface area contributed by atoms with Crippen LogP contribution in [-0.2, 0) is 17.1 Å². The van der Waals surface area contributed by atoms with Crippen molar-refractivity contribution in [2.24, 2.45) is 12.9 Å². The van der Waals surface area contributed by atoms with E-state index in [1.54, 1.807) is 19.2 Å². The summed E-state index contributed by atoms with van der Waals surface area (Å²) in [5.41, 5.74) is 4.52. The number of carbonyl (C=O) groups excluding carboxylic acids is 1. The van der Waals surface area contributed by atoms with Crippen molar-refractivity contribution in [2.45, 2.75) is 18.7 Å². The average molecular weight is 322 g/mol. The Morgan fingerprint density at radius 3 is 2.27 bits per heavy atom. The molecule has 8 heteroatoms. The molecule has 0 atom stereocenters. The Morgan fingerprint density at radius 1 is 1.14 bits per heavy atom. The molecular weight excluding hydrogens is 304 g/mol. The van der Waals surface area contributed by atoms with Crippen LogP contribution in [0, 0.1) is 13.8 Å². The third-order valence-electron chi connectivity index (χ3n) is 3.13. The summed E-state index contributed by atoms with van der Waals surface area (Å²) in [6.45, 7) is 3.77. The molecule has 2 aromatic rings. The molecule has 0 radical (unpaired) electrons. The topological polar surface area (TPSA) is 106 Å². The van der Waals surface area contributed by atoms with Crippen LogP contribution in [0.1, 0.15) is 21.6 Å². The van der Waals surface area contributed by atoms with Crippen LogP contribution >= 0.6 is 0 Å². The average Bonchev–Trinajstić information content (AvgIpc) is 2.79. The van der Waals surface area contributed by atoms with E-state index < -0.39 is 15.9 Å². The minimum atomic E-state index is -3.78. The van der Waals surface area contributed by atoms with Crippen molar-refractivity contribution in [2.75, 3.05) is 4.72 Å². The number of anilines is 1. The van der Waals surface area contributed by atoms with Gasteiger partial charge in [-0.05, 0) is 43.2 Å². The smallest absolute Gasteiger partial charge is 0.281 e. The molecule has 0 aliphatic carbocycles. The highest BCUT2D eigenvalue weighted by Gasteiger charge is 2.20. The number of nitrogens with one attached hydrogen (secondary N) is 2. The highest BCUT2D eigenvalue weighted by molar-refractivity contribution is 7.92. The number of nitrogens with two attached hydrogens (primary N) is 1. The zero-order valence-electron chi connectivity index (χ0n) is 12.5. The normalized spacial score (nSPS) is 11.3. The molecule has 118 valence electrons. The van der Waals surface area contributed by atoms with Crippen LogP contribution in [0.5, 0.6) is 0 Å². The highest BCUT2D eigenvalue weighted by Crippen LogP contribution is 2.20. The fraction of sp³-hybridized carbons (Fsp3) is 0.214. The van der Waals surface area contributed by atoms with Crippen LogP contribution in [0.25, 0.3) is 0 Å². The number of hydrogen-bond acceptors (Lipinski definition) is 4. The summed E-state index contributed by atoms with van der Waals surface area (Å²) in [7, 11) is -2.21. The van der Waals surface area contributed by atoms with Crippen LogP contribution in [0.15, 0.2) is 35.4 Å². The summed E-state index contributed by atoms with van der Waals surface area (Å²) in [5, 5.41) is 0. The van der Waals surface area contributed by atoms with Crippen molar-refractivity contribution in [3.05, 3.63) is 47.3 Å². The molecule has 7 nitrogen and oxygen atoms in total. The van der Waals surface area contributed by atoms with E-state index in [1.807, 2.05) is 25.3 Å². The van der Waals surface area contributed by atoms with Crippen molar-refractivity contribution in [3.8, 4) is 0 Å². The predicted molar refractivity (Wildman–Crippen MR) is 83.8 cm³/mol. The second kappa shape index (κ2) is 5.82. The quantitative estimate of drug-likeness (QED) is 0.444. The summed E-state index contributed by atoms with van der Waals surface area (Å²) >= 11 is 0. The zero-order valence-corrected chi connectivity index (χ0v) is 13.4. The summed E-state index contributed by atoms with van der Waals surface area (Å²) in [6, 6.07) is 6.69. The first-order valence-electron chi connectivity index (χ1n) is 6.51. The van der Waals surface area contributed by atoms with Gasteiger partial charge in [-0.15, -0.1) is 0 Å². The van der Waals surface area contributed by atoms with Crippen molar-refractivity contribution >= 4 is 21.6 Å². The first kappa shape index (κ1) is 16.1. The molecule has 0 aliphatic heterocycles. The van der Waals surface area contributed by atoms with E-state index in [-0.39, 0.29) is 10.6 Å². The number of nitrogen functional groups attached to an aromatic ring is 1. The van der Waals surface area contributed by atoms with Gasteiger partial charge in [0.1, 0.15) is 10.6 Å². The second-order valence-corrected chi connectivity index (χ2v) is 6.81. The van der Waals surface area contributed by atoms with E-state index in [0.717, 1.165) is 11.1 Å². The number of benzene rings is 1. The lowest BCUT2D eigenvalue weighted by Crippen LogP contribution is -2.31. The van der Waals surface area contributed by atoms with E-state index in [1.165, 1.54) is 16.8 Å². The van der Waals surface area contributed by atoms with Crippen molar-refractivity contribution < 1.29 is 13.2 Å². The third kappa shape index (κ3) is 3.29. The third-order valence-corrected chi connectivity index (χ3v) is 4.48. The van der Waals surface area contributed by atoms with Gasteiger partial charge in [0.15, 0.2) is 0 Å². The van der Waals surface area contributed by atoms with E-state index in [2.05, 4.69) is 4.72 Å². The molecule has 0 fully saturated rings. The second-order valence-electron chi connectivity index (χ2n) is 5.13. The molecule has 1 amide bonds. The predicted octanol–water partition coefficient (Wildman–Crippen LogP) is 1.05. The van der Waals surface area contributed by atoms with E-state index in [9.17, 15) is 13.2 Å². The van der Waals surface area contributed by atoms with Gasteiger partial charge in [0, 0.05) is 18.9 Å². The molecule has 0 aliphatic rings. The highest BCUT2D eigenvalue weighted by atomic mass is 32.2. The molecule has 1 aromatic carbocycles. The Kier molecular flexibility index (Phi) is 4.25.